The maximum absolute atomic E-state index is 14.3. The van der Waals surface area contributed by atoms with Crippen LogP contribution in [0.5, 0.6) is 0 Å². The molecule has 0 spiro atoms. The molecular weight excluding hydrogens is 451 g/mol. The summed E-state index contributed by atoms with van der Waals surface area (Å²) >= 11 is 4.76. The van der Waals surface area contributed by atoms with Gasteiger partial charge >= 0.3 is 0 Å². The summed E-state index contributed by atoms with van der Waals surface area (Å²) in [5, 5.41) is 9.54. The van der Waals surface area contributed by atoms with Crippen LogP contribution in [0.25, 0.3) is 17.1 Å². The Labute approximate surface area is 181 Å². The lowest BCUT2D eigenvalue weighted by atomic mass is 10.1. The molecule has 0 radical (unpaired) electrons. The van der Waals surface area contributed by atoms with E-state index in [1.54, 1.807) is 18.5 Å². The van der Waals surface area contributed by atoms with Crippen molar-refractivity contribution in [2.45, 2.75) is 24.8 Å². The van der Waals surface area contributed by atoms with Crippen LogP contribution in [0.4, 0.5) is 4.39 Å². The molecule has 0 amide bonds. The van der Waals surface area contributed by atoms with E-state index in [0.29, 0.717) is 22.3 Å². The van der Waals surface area contributed by atoms with Gasteiger partial charge in [0.15, 0.2) is 11.0 Å². The van der Waals surface area contributed by atoms with E-state index in [1.165, 1.54) is 23.4 Å². The molecule has 7 heteroatoms. The zero-order chi connectivity index (χ0) is 20.4. The van der Waals surface area contributed by atoms with E-state index in [1.807, 2.05) is 22.8 Å². The fourth-order valence-corrected chi connectivity index (χ4v) is 4.36. The summed E-state index contributed by atoms with van der Waals surface area (Å²) in [6, 6.07) is 15.2. The molecule has 4 rings (SSSR count). The maximum atomic E-state index is 14.3. The highest BCUT2D eigenvalue weighted by atomic mass is 79.9. The summed E-state index contributed by atoms with van der Waals surface area (Å²) in [7, 11) is 0. The first-order chi connectivity index (χ1) is 14.0. The summed E-state index contributed by atoms with van der Waals surface area (Å²) in [4.78, 5) is 4.21. The highest BCUT2D eigenvalue weighted by Crippen LogP contribution is 2.31. The van der Waals surface area contributed by atoms with E-state index in [0.717, 1.165) is 21.3 Å². The Kier molecular flexibility index (Phi) is 5.78. The minimum absolute atomic E-state index is 0.239. The minimum Gasteiger partial charge on any atom is -0.270 e. The van der Waals surface area contributed by atoms with Crippen molar-refractivity contribution in [2.75, 3.05) is 0 Å². The molecule has 0 aliphatic heterocycles. The number of thioether (sulfide) groups is 1. The van der Waals surface area contributed by atoms with Crippen molar-refractivity contribution in [3.8, 4) is 17.1 Å². The first-order valence-corrected chi connectivity index (χ1v) is 10.8. The molecule has 0 saturated carbocycles. The second kappa shape index (κ2) is 8.47. The molecule has 0 unspecified atom stereocenters. The smallest absolute Gasteiger partial charge is 0.196 e. The summed E-state index contributed by atoms with van der Waals surface area (Å²) in [6.45, 7) is 4.13. The zero-order valence-corrected chi connectivity index (χ0v) is 18.3. The van der Waals surface area contributed by atoms with E-state index in [4.69, 9.17) is 0 Å². The minimum atomic E-state index is -0.239. The Morgan fingerprint density at radius 2 is 1.93 bits per heavy atom. The van der Waals surface area contributed by atoms with E-state index < -0.39 is 0 Å². The number of rotatable bonds is 5. The number of nitrogens with zero attached hydrogens (tertiary/aromatic N) is 4. The van der Waals surface area contributed by atoms with Crippen LogP contribution in [0.3, 0.4) is 0 Å². The van der Waals surface area contributed by atoms with Crippen molar-refractivity contribution in [3.63, 3.8) is 0 Å². The molecule has 0 fully saturated rings. The SMILES string of the molecule is Cc1ccc(-n2c(SCc3ccc(Br)cc3F)nnc2-c2cccnc2)c(C)c1. The third kappa shape index (κ3) is 4.26. The molecule has 2 heterocycles. The molecule has 0 aliphatic carbocycles. The Hall–Kier alpha value is -2.51. The number of hydrogen-bond acceptors (Lipinski definition) is 4. The van der Waals surface area contributed by atoms with Crippen LogP contribution in [-0.2, 0) is 5.75 Å². The maximum Gasteiger partial charge on any atom is 0.196 e. The molecule has 0 bridgehead atoms. The normalized spacial score (nSPS) is 11.0. The molecule has 146 valence electrons. The largest absolute Gasteiger partial charge is 0.270 e. The average Bonchev–Trinajstić information content (AvgIpc) is 3.12. The molecule has 2 aromatic heterocycles. The van der Waals surface area contributed by atoms with Gasteiger partial charge in [-0.2, -0.15) is 0 Å². The zero-order valence-electron chi connectivity index (χ0n) is 15.9. The number of pyridine rings is 1. The lowest BCUT2D eigenvalue weighted by Gasteiger charge is -2.13. The van der Waals surface area contributed by atoms with Gasteiger partial charge < -0.3 is 0 Å². The van der Waals surface area contributed by atoms with Crippen LogP contribution in [0.1, 0.15) is 16.7 Å². The monoisotopic (exact) mass is 468 g/mol. The van der Waals surface area contributed by atoms with Crippen LogP contribution in [0.15, 0.2) is 70.6 Å². The van der Waals surface area contributed by atoms with E-state index in [2.05, 4.69) is 63.2 Å². The molecule has 2 aromatic carbocycles. The molecule has 0 N–H and O–H groups in total. The Bertz CT molecular complexity index is 1160. The molecule has 0 aliphatic rings. The number of aryl methyl sites for hydroxylation is 2. The van der Waals surface area contributed by atoms with Crippen molar-refractivity contribution in [1.29, 1.82) is 0 Å². The Morgan fingerprint density at radius 1 is 1.07 bits per heavy atom. The molecular formula is C22H18BrFN4S. The fourth-order valence-electron chi connectivity index (χ4n) is 3.10. The number of benzene rings is 2. The number of halogens is 2. The first-order valence-electron chi connectivity index (χ1n) is 9.03. The summed E-state index contributed by atoms with van der Waals surface area (Å²) in [6.07, 6.45) is 3.50. The van der Waals surface area contributed by atoms with Gasteiger partial charge in [0.1, 0.15) is 5.82 Å². The van der Waals surface area contributed by atoms with Crippen LogP contribution < -0.4 is 0 Å². The van der Waals surface area contributed by atoms with Crippen LogP contribution in [0, 0.1) is 19.7 Å². The van der Waals surface area contributed by atoms with E-state index in [-0.39, 0.29) is 5.82 Å². The highest BCUT2D eigenvalue weighted by Gasteiger charge is 2.18. The van der Waals surface area contributed by atoms with Crippen molar-refractivity contribution in [1.82, 2.24) is 19.7 Å². The third-order valence-corrected chi connectivity index (χ3v) is 5.99. The van der Waals surface area contributed by atoms with Crippen molar-refractivity contribution >= 4 is 27.7 Å². The van der Waals surface area contributed by atoms with Gasteiger partial charge in [-0.25, -0.2) is 4.39 Å². The van der Waals surface area contributed by atoms with Gasteiger partial charge in [0.25, 0.3) is 0 Å². The molecule has 4 nitrogen and oxygen atoms in total. The van der Waals surface area contributed by atoms with Crippen LogP contribution >= 0.6 is 27.7 Å². The van der Waals surface area contributed by atoms with Gasteiger partial charge in [0, 0.05) is 28.2 Å². The van der Waals surface area contributed by atoms with Crippen molar-refractivity contribution in [2.24, 2.45) is 0 Å². The topological polar surface area (TPSA) is 43.6 Å². The van der Waals surface area contributed by atoms with Crippen molar-refractivity contribution in [3.05, 3.63) is 87.9 Å². The third-order valence-electron chi connectivity index (χ3n) is 4.52. The van der Waals surface area contributed by atoms with Gasteiger partial charge in [0.05, 0.1) is 5.69 Å². The standard InChI is InChI=1S/C22H18BrFN4S/c1-14-5-8-20(15(2)10-14)28-21(16-4-3-9-25-12-16)26-27-22(28)29-13-17-6-7-18(23)11-19(17)24/h3-12H,13H2,1-2H3. The predicted molar refractivity (Wildman–Crippen MR) is 118 cm³/mol. The molecule has 29 heavy (non-hydrogen) atoms. The van der Waals surface area contributed by atoms with E-state index in [9.17, 15) is 4.39 Å². The van der Waals surface area contributed by atoms with Gasteiger partial charge in [-0.3, -0.25) is 9.55 Å². The first kappa shape index (κ1) is 19.8. The summed E-state index contributed by atoms with van der Waals surface area (Å²) in [5.41, 5.74) is 4.80. The average molecular weight is 469 g/mol. The van der Waals surface area contributed by atoms with E-state index >= 15 is 0 Å². The Balaban J connectivity index is 1.77. The fraction of sp³-hybridized carbons (Fsp3) is 0.136. The number of hydrogen-bond donors (Lipinski definition) is 0. The van der Waals surface area contributed by atoms with Gasteiger partial charge in [-0.05, 0) is 55.3 Å². The van der Waals surface area contributed by atoms with Gasteiger partial charge in [0.2, 0.25) is 0 Å². The number of aromatic nitrogens is 4. The molecule has 4 aromatic rings. The van der Waals surface area contributed by atoms with Crippen LogP contribution in [-0.4, -0.2) is 19.7 Å². The summed E-state index contributed by atoms with van der Waals surface area (Å²) < 4.78 is 17.0. The van der Waals surface area contributed by atoms with Gasteiger partial charge in [-0.1, -0.05) is 51.5 Å². The predicted octanol–water partition coefficient (Wildman–Crippen LogP) is 6.14. The van der Waals surface area contributed by atoms with Crippen LogP contribution in [0.2, 0.25) is 0 Å². The quantitative estimate of drug-likeness (QED) is 0.330. The van der Waals surface area contributed by atoms with Gasteiger partial charge in [-0.15, -0.1) is 10.2 Å². The second-order valence-corrected chi connectivity index (χ2v) is 8.56. The molecule has 0 atom stereocenters. The van der Waals surface area contributed by atoms with Crippen molar-refractivity contribution < 1.29 is 4.39 Å². The molecule has 0 saturated heterocycles. The summed E-state index contributed by atoms with van der Waals surface area (Å²) in [5.74, 6) is 0.927. The lowest BCUT2D eigenvalue weighted by Crippen LogP contribution is -2.02. The second-order valence-electron chi connectivity index (χ2n) is 6.70. The Morgan fingerprint density at radius 3 is 2.66 bits per heavy atom. The highest BCUT2D eigenvalue weighted by molar-refractivity contribution is 9.10. The lowest BCUT2D eigenvalue weighted by molar-refractivity contribution is 0.616.